The second-order valence-corrected chi connectivity index (χ2v) is 4.16. The van der Waals surface area contributed by atoms with Crippen molar-refractivity contribution >= 4 is 0 Å². The van der Waals surface area contributed by atoms with E-state index in [9.17, 15) is 0 Å². The van der Waals surface area contributed by atoms with Gasteiger partial charge in [0.25, 0.3) is 0 Å². The van der Waals surface area contributed by atoms with Gasteiger partial charge in [0.2, 0.25) is 0 Å². The van der Waals surface area contributed by atoms with Crippen LogP contribution in [0, 0.1) is 11.3 Å². The molecule has 1 aliphatic heterocycles. The van der Waals surface area contributed by atoms with Crippen LogP contribution in [0.3, 0.4) is 0 Å². The van der Waals surface area contributed by atoms with Gasteiger partial charge < -0.3 is 0 Å². The minimum Gasteiger partial charge on any atom is -0.296 e. The molecule has 1 saturated heterocycles. The summed E-state index contributed by atoms with van der Waals surface area (Å²) in [6.45, 7) is -0.611. The molecule has 2 heteroatoms. The molecule has 1 heterocycles. The maximum Gasteiger partial charge on any atom is 0.0622 e. The first kappa shape index (κ1) is 8.78. The number of nitriles is 1. The van der Waals surface area contributed by atoms with Gasteiger partial charge in [0.15, 0.2) is 0 Å². The molecule has 1 atom stereocenters. The van der Waals surface area contributed by atoms with Gasteiger partial charge in [0.1, 0.15) is 0 Å². The third-order valence-electron chi connectivity index (χ3n) is 3.02. The zero-order chi connectivity index (χ0) is 13.0. The smallest absolute Gasteiger partial charge is 0.0622 e. The van der Waals surface area contributed by atoms with Crippen LogP contribution in [0.4, 0.5) is 0 Å². The van der Waals surface area contributed by atoms with Crippen LogP contribution in [0.1, 0.15) is 34.0 Å². The molecule has 1 aliphatic rings. The summed E-state index contributed by atoms with van der Waals surface area (Å²) in [6, 6.07) is 12.3. The molecule has 1 fully saturated rings. The molecule has 0 aliphatic carbocycles. The minimum absolute atomic E-state index is 0.194. The average molecular weight is 216 g/mol. The van der Waals surface area contributed by atoms with Crippen LogP contribution in [-0.4, -0.2) is 17.4 Å². The summed E-state index contributed by atoms with van der Waals surface area (Å²) in [5.74, 6) is 0. The van der Waals surface area contributed by atoms with Crippen molar-refractivity contribution in [3.05, 3.63) is 35.9 Å². The number of nitrogens with zero attached hydrogens (tertiary/aromatic N) is 2. The van der Waals surface area contributed by atoms with Crippen molar-refractivity contribution in [1.29, 1.82) is 5.26 Å². The summed E-state index contributed by atoms with van der Waals surface area (Å²) in [5, 5.41) is 8.67. The van der Waals surface area contributed by atoms with E-state index in [-0.39, 0.29) is 6.04 Å². The lowest BCUT2D eigenvalue weighted by Gasteiger charge is -2.23. The predicted octanol–water partition coefficient (Wildman–Crippen LogP) is 2.95. The number of hydrogen-bond donors (Lipinski definition) is 0. The molecule has 84 valence electrons. The van der Waals surface area contributed by atoms with Gasteiger partial charge in [-0.1, -0.05) is 30.3 Å². The first-order chi connectivity index (χ1) is 8.63. The van der Waals surface area contributed by atoms with Crippen molar-refractivity contribution in [2.45, 2.75) is 38.3 Å². The molecule has 0 saturated carbocycles. The van der Waals surface area contributed by atoms with Crippen molar-refractivity contribution in [3.63, 3.8) is 0 Å². The highest BCUT2D eigenvalue weighted by Crippen LogP contribution is 2.23. The average Bonchev–Trinajstić information content (AvgIpc) is 2.64. The van der Waals surface area contributed by atoms with E-state index in [0.29, 0.717) is 19.4 Å². The Bertz CT molecular complexity index is 425. The highest BCUT2D eigenvalue weighted by molar-refractivity contribution is 5.14. The molecule has 0 aromatic heterocycles. The Labute approximate surface area is 100 Å². The van der Waals surface area contributed by atoms with Crippen LogP contribution >= 0.6 is 0 Å². The summed E-state index contributed by atoms with van der Waals surface area (Å²) < 4.78 is 16.1. The van der Waals surface area contributed by atoms with Crippen LogP contribution < -0.4 is 0 Å². The fourth-order valence-electron chi connectivity index (χ4n) is 2.16. The van der Waals surface area contributed by atoms with Gasteiger partial charge in [0.05, 0.1) is 6.07 Å². The van der Waals surface area contributed by atoms with Gasteiger partial charge in [0, 0.05) is 21.7 Å². The highest BCUT2D eigenvalue weighted by atomic mass is 15.2. The molecule has 2 nitrogen and oxygen atoms in total. The van der Waals surface area contributed by atoms with Gasteiger partial charge in [-0.25, -0.2) is 0 Å². The summed E-state index contributed by atoms with van der Waals surface area (Å²) in [4.78, 5) is 1.92. The second kappa shape index (κ2) is 5.67. The molecule has 0 radical (unpaired) electrons. The van der Waals surface area contributed by atoms with Crippen molar-refractivity contribution in [2.75, 3.05) is 6.50 Å². The lowest BCUT2D eigenvalue weighted by Crippen LogP contribution is -2.28. The Balaban J connectivity index is 2.08. The van der Waals surface area contributed by atoms with E-state index in [1.54, 1.807) is 0 Å². The standard InChI is InChI=1S/C14H18N2/c15-10-4-8-14-9-5-11-16(14)12-13-6-2-1-3-7-13/h1-3,6-7,14H,4-5,8-9,11-12H2/i11D2. The molecule has 1 aromatic carbocycles. The number of benzene rings is 1. The Kier molecular flexibility index (Phi) is 3.11. The topological polar surface area (TPSA) is 27.0 Å². The monoisotopic (exact) mass is 216 g/mol. The first-order valence-electron chi connectivity index (χ1n) is 6.81. The number of likely N-dealkylation sites (tertiary alicyclic amines) is 1. The molecule has 0 amide bonds. The van der Waals surface area contributed by atoms with Crippen LogP contribution in [-0.2, 0) is 6.54 Å². The van der Waals surface area contributed by atoms with E-state index in [0.717, 1.165) is 18.4 Å². The zero-order valence-corrected chi connectivity index (χ0v) is 9.39. The van der Waals surface area contributed by atoms with Gasteiger partial charge in [-0.05, 0) is 31.3 Å². The largest absolute Gasteiger partial charge is 0.296 e. The third-order valence-corrected chi connectivity index (χ3v) is 3.02. The normalized spacial score (nSPS) is 25.8. The quantitative estimate of drug-likeness (QED) is 0.773. The van der Waals surface area contributed by atoms with Gasteiger partial charge in [-0.2, -0.15) is 5.26 Å². The Morgan fingerprint density at radius 2 is 2.25 bits per heavy atom. The van der Waals surface area contributed by atoms with Gasteiger partial charge in [-0.15, -0.1) is 0 Å². The number of hydrogen-bond acceptors (Lipinski definition) is 2. The lowest BCUT2D eigenvalue weighted by atomic mass is 10.1. The van der Waals surface area contributed by atoms with Gasteiger partial charge >= 0.3 is 0 Å². The molecule has 2 rings (SSSR count). The highest BCUT2D eigenvalue weighted by Gasteiger charge is 2.23. The van der Waals surface area contributed by atoms with E-state index in [4.69, 9.17) is 8.00 Å². The maximum absolute atomic E-state index is 8.67. The maximum atomic E-state index is 8.67. The van der Waals surface area contributed by atoms with Gasteiger partial charge in [-0.3, -0.25) is 4.90 Å². The van der Waals surface area contributed by atoms with E-state index in [1.165, 1.54) is 0 Å². The fourth-order valence-corrected chi connectivity index (χ4v) is 2.16. The predicted molar refractivity (Wildman–Crippen MR) is 64.7 cm³/mol. The van der Waals surface area contributed by atoms with E-state index in [1.807, 2.05) is 35.2 Å². The Morgan fingerprint density at radius 3 is 3.00 bits per heavy atom. The summed E-state index contributed by atoms with van der Waals surface area (Å²) >= 11 is 0. The van der Waals surface area contributed by atoms with E-state index >= 15 is 0 Å². The van der Waals surface area contributed by atoms with Crippen LogP contribution in [0.15, 0.2) is 30.3 Å². The molecule has 16 heavy (non-hydrogen) atoms. The van der Waals surface area contributed by atoms with E-state index < -0.39 is 6.50 Å². The summed E-state index contributed by atoms with van der Waals surface area (Å²) in [6.07, 6.45) is 2.69. The van der Waals surface area contributed by atoms with Crippen LogP contribution in [0.2, 0.25) is 0 Å². The summed E-state index contributed by atoms with van der Waals surface area (Å²) in [5.41, 5.74) is 1.13. The molecule has 0 spiro atoms. The Hall–Kier alpha value is -1.33. The van der Waals surface area contributed by atoms with Crippen molar-refractivity contribution in [3.8, 4) is 6.07 Å². The molecule has 1 unspecified atom stereocenters. The van der Waals surface area contributed by atoms with Crippen LogP contribution in [0.25, 0.3) is 0 Å². The molecule has 0 bridgehead atoms. The first-order valence-corrected chi connectivity index (χ1v) is 5.81. The summed E-state index contributed by atoms with van der Waals surface area (Å²) in [7, 11) is 0. The SMILES string of the molecule is [2H]C1([2H])CCC(CCC#N)N1Cc1ccccc1. The second-order valence-electron chi connectivity index (χ2n) is 4.16. The van der Waals surface area contributed by atoms with Crippen molar-refractivity contribution in [2.24, 2.45) is 0 Å². The molecular weight excluding hydrogens is 196 g/mol. The minimum atomic E-state index is -1.24. The fraction of sp³-hybridized carbons (Fsp3) is 0.500. The van der Waals surface area contributed by atoms with E-state index in [2.05, 4.69) is 6.07 Å². The third kappa shape index (κ3) is 2.84. The molecule has 1 aromatic rings. The Morgan fingerprint density at radius 1 is 1.44 bits per heavy atom. The number of rotatable bonds is 4. The molecular formula is C14H18N2. The van der Waals surface area contributed by atoms with Crippen molar-refractivity contribution < 1.29 is 2.74 Å². The zero-order valence-electron chi connectivity index (χ0n) is 11.4. The molecule has 0 N–H and O–H groups in total. The van der Waals surface area contributed by atoms with Crippen LogP contribution in [0.5, 0.6) is 0 Å². The van der Waals surface area contributed by atoms with Crippen molar-refractivity contribution in [1.82, 2.24) is 4.90 Å². The lowest BCUT2D eigenvalue weighted by molar-refractivity contribution is 0.236.